The summed E-state index contributed by atoms with van der Waals surface area (Å²) in [6.45, 7) is 0. The first-order chi connectivity index (χ1) is 15.7. The second-order valence-electron chi connectivity index (χ2n) is 7.03. The van der Waals surface area contributed by atoms with Gasteiger partial charge < -0.3 is 4.74 Å². The molecule has 0 saturated heterocycles. The molecule has 0 saturated carbocycles. The SMILES string of the molecule is CSc1nnc2c(n1)O[C@H](c1ccc(Br)cc1)N(C(=O)c1ccccc1)c1ccccc1-2. The number of fused-ring (bicyclic) bond motifs is 3. The van der Waals surface area contributed by atoms with Gasteiger partial charge >= 0.3 is 0 Å². The number of carbonyl (C=O) groups excluding carboxylic acids is 1. The molecule has 1 amide bonds. The van der Waals surface area contributed by atoms with Crippen LogP contribution in [0.2, 0.25) is 0 Å². The van der Waals surface area contributed by atoms with Crippen LogP contribution in [0.15, 0.2) is 88.5 Å². The number of anilines is 1. The molecule has 0 fully saturated rings. The number of ether oxygens (including phenoxy) is 1. The fourth-order valence-electron chi connectivity index (χ4n) is 3.58. The lowest BCUT2D eigenvalue weighted by Gasteiger charge is -2.31. The number of para-hydroxylation sites is 1. The molecule has 32 heavy (non-hydrogen) atoms. The molecule has 6 nitrogen and oxygen atoms in total. The highest BCUT2D eigenvalue weighted by molar-refractivity contribution is 9.10. The van der Waals surface area contributed by atoms with Crippen LogP contribution in [0.5, 0.6) is 5.88 Å². The normalized spacial score (nSPS) is 14.7. The van der Waals surface area contributed by atoms with Crippen LogP contribution in [-0.4, -0.2) is 27.3 Å². The van der Waals surface area contributed by atoms with Gasteiger partial charge in [-0.05, 0) is 36.6 Å². The Kier molecular flexibility index (Phi) is 5.63. The molecular formula is C24H17BrN4O2S. The number of halogens is 1. The molecule has 4 aromatic rings. The lowest BCUT2D eigenvalue weighted by molar-refractivity contribution is 0.0909. The van der Waals surface area contributed by atoms with Gasteiger partial charge in [0, 0.05) is 21.2 Å². The minimum atomic E-state index is -0.746. The van der Waals surface area contributed by atoms with Crippen molar-refractivity contribution < 1.29 is 9.53 Å². The van der Waals surface area contributed by atoms with Crippen LogP contribution in [0.1, 0.15) is 22.1 Å². The lowest BCUT2D eigenvalue weighted by atomic mass is 10.1. The summed E-state index contributed by atoms with van der Waals surface area (Å²) in [4.78, 5) is 20.0. The van der Waals surface area contributed by atoms with Crippen molar-refractivity contribution in [1.82, 2.24) is 15.2 Å². The number of hydrogen-bond donors (Lipinski definition) is 0. The zero-order valence-electron chi connectivity index (χ0n) is 17.0. The summed E-state index contributed by atoms with van der Waals surface area (Å²) in [5, 5.41) is 9.10. The lowest BCUT2D eigenvalue weighted by Crippen LogP contribution is -2.37. The van der Waals surface area contributed by atoms with Gasteiger partial charge in [-0.3, -0.25) is 9.69 Å². The molecule has 0 aliphatic carbocycles. The summed E-state index contributed by atoms with van der Waals surface area (Å²) in [5.41, 5.74) is 3.29. The van der Waals surface area contributed by atoms with E-state index in [1.807, 2.05) is 73.0 Å². The maximum Gasteiger partial charge on any atom is 0.261 e. The van der Waals surface area contributed by atoms with E-state index < -0.39 is 6.23 Å². The molecule has 3 aromatic carbocycles. The topological polar surface area (TPSA) is 68.2 Å². The van der Waals surface area contributed by atoms with Gasteiger partial charge in [0.1, 0.15) is 0 Å². The van der Waals surface area contributed by atoms with Crippen molar-refractivity contribution >= 4 is 39.3 Å². The van der Waals surface area contributed by atoms with Gasteiger partial charge in [-0.15, -0.1) is 10.2 Å². The summed E-state index contributed by atoms with van der Waals surface area (Å²) in [7, 11) is 0. The maximum atomic E-state index is 13.8. The number of aromatic nitrogens is 3. The number of rotatable bonds is 3. The number of carbonyl (C=O) groups is 1. The molecule has 2 heterocycles. The van der Waals surface area contributed by atoms with Crippen LogP contribution in [0.3, 0.4) is 0 Å². The molecule has 0 radical (unpaired) electrons. The second kappa shape index (κ2) is 8.72. The molecule has 0 N–H and O–H groups in total. The third kappa shape index (κ3) is 3.76. The molecule has 0 bridgehead atoms. The van der Waals surface area contributed by atoms with Gasteiger partial charge in [0.05, 0.1) is 5.69 Å². The molecule has 1 aromatic heterocycles. The van der Waals surface area contributed by atoms with Crippen molar-refractivity contribution in [3.63, 3.8) is 0 Å². The fourth-order valence-corrected chi connectivity index (χ4v) is 4.15. The second-order valence-corrected chi connectivity index (χ2v) is 8.72. The number of hydrogen-bond acceptors (Lipinski definition) is 6. The predicted octanol–water partition coefficient (Wildman–Crippen LogP) is 5.76. The van der Waals surface area contributed by atoms with Gasteiger partial charge in [0.15, 0.2) is 5.69 Å². The van der Waals surface area contributed by atoms with Gasteiger partial charge in [0.25, 0.3) is 5.91 Å². The Morgan fingerprint density at radius 1 is 0.969 bits per heavy atom. The molecule has 8 heteroatoms. The van der Waals surface area contributed by atoms with Crippen molar-refractivity contribution in [2.75, 3.05) is 11.2 Å². The number of benzene rings is 3. The van der Waals surface area contributed by atoms with E-state index in [0.29, 0.717) is 28.0 Å². The highest BCUT2D eigenvalue weighted by atomic mass is 79.9. The molecule has 158 valence electrons. The predicted molar refractivity (Wildman–Crippen MR) is 128 cm³/mol. The van der Waals surface area contributed by atoms with E-state index in [0.717, 1.165) is 15.6 Å². The first-order valence-electron chi connectivity index (χ1n) is 9.84. The third-order valence-electron chi connectivity index (χ3n) is 5.09. The maximum absolute atomic E-state index is 13.8. The van der Waals surface area contributed by atoms with Gasteiger partial charge in [-0.2, -0.15) is 4.98 Å². The van der Waals surface area contributed by atoms with Gasteiger partial charge in [-0.25, -0.2) is 0 Å². The van der Waals surface area contributed by atoms with E-state index >= 15 is 0 Å². The van der Waals surface area contributed by atoms with Gasteiger partial charge in [-0.1, -0.05) is 76.2 Å². The van der Waals surface area contributed by atoms with Crippen LogP contribution in [-0.2, 0) is 0 Å². The van der Waals surface area contributed by atoms with Crippen molar-refractivity contribution in [2.24, 2.45) is 0 Å². The average molecular weight is 505 g/mol. The number of thioether (sulfide) groups is 1. The Bertz CT molecular complexity index is 1280. The van der Waals surface area contributed by atoms with Crippen molar-refractivity contribution in [3.8, 4) is 17.1 Å². The Morgan fingerprint density at radius 3 is 2.44 bits per heavy atom. The fraction of sp³-hybridized carbons (Fsp3) is 0.0833. The standard InChI is InChI=1S/C24H17BrN4O2S/c1-32-24-26-21-20(27-28-24)18-9-5-6-10-19(18)29(22(30)15-7-3-2-4-8-15)23(31-21)16-11-13-17(25)14-12-16/h2-14,23H,1H3/t23-/m1/s1. The zero-order valence-corrected chi connectivity index (χ0v) is 19.4. The zero-order chi connectivity index (χ0) is 22.1. The minimum Gasteiger partial charge on any atom is -0.447 e. The van der Waals surface area contributed by atoms with Crippen molar-refractivity contribution in [2.45, 2.75) is 11.4 Å². The van der Waals surface area contributed by atoms with Crippen LogP contribution in [0.25, 0.3) is 11.3 Å². The largest absolute Gasteiger partial charge is 0.447 e. The number of amides is 1. The molecule has 1 aliphatic heterocycles. The Hall–Kier alpha value is -3.23. The summed E-state index contributed by atoms with van der Waals surface area (Å²) in [6.07, 6.45) is 1.13. The molecule has 0 spiro atoms. The molecule has 1 atom stereocenters. The van der Waals surface area contributed by atoms with E-state index in [1.54, 1.807) is 17.0 Å². The Morgan fingerprint density at radius 2 is 1.69 bits per heavy atom. The van der Waals surface area contributed by atoms with Crippen molar-refractivity contribution in [1.29, 1.82) is 0 Å². The van der Waals surface area contributed by atoms with Crippen LogP contribution >= 0.6 is 27.7 Å². The van der Waals surface area contributed by atoms with Crippen LogP contribution in [0.4, 0.5) is 5.69 Å². The first-order valence-corrected chi connectivity index (χ1v) is 11.9. The van der Waals surface area contributed by atoms with E-state index in [1.165, 1.54) is 11.8 Å². The minimum absolute atomic E-state index is 0.183. The quantitative estimate of drug-likeness (QED) is 0.330. The van der Waals surface area contributed by atoms with Crippen LogP contribution < -0.4 is 9.64 Å². The third-order valence-corrected chi connectivity index (χ3v) is 6.16. The summed E-state index contributed by atoms with van der Waals surface area (Å²) < 4.78 is 7.36. The Labute approximate surface area is 197 Å². The van der Waals surface area contributed by atoms with E-state index in [-0.39, 0.29) is 5.91 Å². The molecule has 1 aliphatic rings. The van der Waals surface area contributed by atoms with E-state index in [9.17, 15) is 4.79 Å². The summed E-state index contributed by atoms with van der Waals surface area (Å²) in [6, 6.07) is 24.5. The first kappa shape index (κ1) is 20.7. The smallest absolute Gasteiger partial charge is 0.261 e. The van der Waals surface area contributed by atoms with Crippen molar-refractivity contribution in [3.05, 3.63) is 94.5 Å². The highest BCUT2D eigenvalue weighted by Crippen LogP contribution is 2.43. The molecular weight excluding hydrogens is 488 g/mol. The average Bonchev–Trinajstić information content (AvgIpc) is 2.99. The number of nitrogens with zero attached hydrogens (tertiary/aromatic N) is 4. The highest BCUT2D eigenvalue weighted by Gasteiger charge is 2.36. The van der Waals surface area contributed by atoms with Gasteiger partial charge in [0.2, 0.25) is 17.3 Å². The van der Waals surface area contributed by atoms with E-state index in [2.05, 4.69) is 31.1 Å². The monoisotopic (exact) mass is 504 g/mol. The molecule has 5 rings (SSSR count). The summed E-state index contributed by atoms with van der Waals surface area (Å²) in [5.74, 6) is 0.157. The summed E-state index contributed by atoms with van der Waals surface area (Å²) >= 11 is 4.86. The van der Waals surface area contributed by atoms with Crippen LogP contribution in [0, 0.1) is 0 Å². The molecule has 0 unspecified atom stereocenters. The Balaban J connectivity index is 1.75. The van der Waals surface area contributed by atoms with E-state index in [4.69, 9.17) is 4.74 Å².